The molecule has 0 saturated heterocycles. The van der Waals surface area contributed by atoms with E-state index < -0.39 is 0 Å². The van der Waals surface area contributed by atoms with Crippen LogP contribution in [-0.4, -0.2) is 34.7 Å². The van der Waals surface area contributed by atoms with Crippen LogP contribution in [0.15, 0.2) is 0 Å². The van der Waals surface area contributed by atoms with Crippen LogP contribution in [0.5, 0.6) is 0 Å². The Morgan fingerprint density at radius 1 is 2.00 bits per heavy atom. The molecule has 0 aliphatic carbocycles. The third kappa shape index (κ3) is 2.78. The predicted molar refractivity (Wildman–Crippen MR) is 20.4 cm³/mol. The summed E-state index contributed by atoms with van der Waals surface area (Å²) in [5, 5.41) is 0. The van der Waals surface area contributed by atoms with Crippen molar-refractivity contribution in [3.63, 3.8) is 0 Å². The van der Waals surface area contributed by atoms with Crippen LogP contribution in [-0.2, 0) is 4.74 Å². The van der Waals surface area contributed by atoms with Crippen molar-refractivity contribution in [2.75, 3.05) is 11.7 Å². The van der Waals surface area contributed by atoms with Crippen molar-refractivity contribution < 1.29 is 4.74 Å². The third-order valence-electron chi connectivity index (χ3n) is 0.167. The fraction of sp³-hybridized carbons (Fsp3) is 1.00. The molecule has 0 fully saturated rings. The van der Waals surface area contributed by atoms with Gasteiger partial charge in [-0.25, -0.2) is 0 Å². The van der Waals surface area contributed by atoms with E-state index in [-0.39, 0.29) is 0 Å². The summed E-state index contributed by atoms with van der Waals surface area (Å²) in [6, 6.07) is 0. The van der Waals surface area contributed by atoms with Crippen LogP contribution in [0.4, 0.5) is 0 Å². The van der Waals surface area contributed by atoms with Gasteiger partial charge in [-0.1, -0.05) is 0 Å². The number of ether oxygens (including phenoxy) is 1. The average Bonchev–Trinajstić information content (AvgIpc) is 1.37. The summed E-state index contributed by atoms with van der Waals surface area (Å²) < 4.78 is 5.55. The van der Waals surface area contributed by atoms with Gasteiger partial charge in [0.05, 0.1) is 0 Å². The molecule has 0 radical (unpaired) electrons. The van der Waals surface area contributed by atoms with Gasteiger partial charge in [0.25, 0.3) is 0 Å². The molecule has 0 aliphatic heterocycles. The summed E-state index contributed by atoms with van der Waals surface area (Å²) in [4.78, 5) is 0. The van der Waals surface area contributed by atoms with Crippen molar-refractivity contribution in [1.29, 1.82) is 0 Å². The topological polar surface area (TPSA) is 9.23 Å². The molecule has 26 valence electrons. The standard InChI is InChI=1S/C2H5O.Sb.2H/c1-3-2;;;/h1H2,2H3;;;. The molecular formula is C2H7OSb. The Bertz CT molecular complexity index is 8.00. The fourth-order valence-electron chi connectivity index (χ4n) is 0. The van der Waals surface area contributed by atoms with Crippen molar-refractivity contribution >= 4 is 23.0 Å². The van der Waals surface area contributed by atoms with Crippen LogP contribution >= 0.6 is 0 Å². The van der Waals surface area contributed by atoms with Crippen molar-refractivity contribution in [2.45, 2.75) is 0 Å². The van der Waals surface area contributed by atoms with Crippen molar-refractivity contribution in [3.8, 4) is 0 Å². The first kappa shape index (κ1) is 4.78. The van der Waals surface area contributed by atoms with E-state index >= 15 is 0 Å². The van der Waals surface area contributed by atoms with E-state index in [2.05, 4.69) is 4.74 Å². The van der Waals surface area contributed by atoms with Crippen LogP contribution in [0, 0.1) is 0 Å². The fourth-order valence-corrected chi connectivity index (χ4v) is 0. The van der Waals surface area contributed by atoms with Gasteiger partial charge in [-0.2, -0.15) is 0 Å². The first-order valence-corrected chi connectivity index (χ1v) is 3.44. The maximum atomic E-state index is 4.60. The molecule has 0 aliphatic rings. The van der Waals surface area contributed by atoms with Crippen LogP contribution in [0.2, 0.25) is 0 Å². The van der Waals surface area contributed by atoms with Gasteiger partial charge in [-0.3, -0.25) is 0 Å². The van der Waals surface area contributed by atoms with E-state index in [1.54, 1.807) is 7.11 Å². The SMILES string of the molecule is CO[CH2][SbH2]. The molecule has 1 nitrogen and oxygen atoms in total. The monoisotopic (exact) mass is 168 g/mol. The van der Waals surface area contributed by atoms with E-state index in [0.717, 1.165) is 4.55 Å². The molecule has 0 spiro atoms. The first-order chi connectivity index (χ1) is 1.91. The average molecular weight is 169 g/mol. The summed E-state index contributed by atoms with van der Waals surface area (Å²) >= 11 is 1.22. The Morgan fingerprint density at radius 2 is 2.25 bits per heavy atom. The second-order valence-corrected chi connectivity index (χ2v) is 1.41. The van der Waals surface area contributed by atoms with Crippen molar-refractivity contribution in [2.24, 2.45) is 0 Å². The molecule has 0 rings (SSSR count). The van der Waals surface area contributed by atoms with Crippen LogP contribution in [0.25, 0.3) is 0 Å². The number of hydrogen-bond acceptors (Lipinski definition) is 1. The second kappa shape index (κ2) is 3.78. The summed E-state index contributed by atoms with van der Waals surface area (Å²) in [5.41, 5.74) is 0. The molecule has 0 aromatic carbocycles. The van der Waals surface area contributed by atoms with Gasteiger partial charge in [0.2, 0.25) is 0 Å². The molecule has 0 amide bonds. The minimum atomic E-state index is 0.949. The first-order valence-electron chi connectivity index (χ1n) is 1.11. The van der Waals surface area contributed by atoms with Gasteiger partial charge in [0.1, 0.15) is 0 Å². The third-order valence-corrected chi connectivity index (χ3v) is 1.12. The number of rotatable bonds is 1. The molecule has 0 bridgehead atoms. The zero-order valence-electron chi connectivity index (χ0n) is 2.69. The Morgan fingerprint density at radius 3 is 2.25 bits per heavy atom. The molecule has 0 aromatic heterocycles. The molecule has 0 unspecified atom stereocenters. The summed E-state index contributed by atoms with van der Waals surface area (Å²) in [6.07, 6.45) is 0. The Kier molecular flexibility index (Phi) is 4.51. The van der Waals surface area contributed by atoms with Crippen LogP contribution < -0.4 is 0 Å². The Balaban J connectivity index is 1.97. The van der Waals surface area contributed by atoms with E-state index in [0.29, 0.717) is 0 Å². The van der Waals surface area contributed by atoms with E-state index in [9.17, 15) is 0 Å². The number of hydrogen-bond donors (Lipinski definition) is 0. The Labute approximate surface area is 39.8 Å². The van der Waals surface area contributed by atoms with Crippen LogP contribution in [0.3, 0.4) is 0 Å². The van der Waals surface area contributed by atoms with Crippen molar-refractivity contribution in [3.05, 3.63) is 0 Å². The molecule has 0 N–H and O–H groups in total. The van der Waals surface area contributed by atoms with Gasteiger partial charge >= 0.3 is 39.4 Å². The minimum absolute atomic E-state index is 0.949. The Hall–Kier alpha value is 0.778. The zero-order chi connectivity index (χ0) is 3.41. The van der Waals surface area contributed by atoms with E-state index in [1.807, 2.05) is 0 Å². The molecule has 0 saturated carbocycles. The predicted octanol–water partition coefficient (Wildman–Crippen LogP) is -0.777. The van der Waals surface area contributed by atoms with Gasteiger partial charge in [-0.15, -0.1) is 0 Å². The maximum absolute atomic E-state index is 4.60. The molecule has 4 heavy (non-hydrogen) atoms. The van der Waals surface area contributed by atoms with Gasteiger partial charge in [0, 0.05) is 0 Å². The van der Waals surface area contributed by atoms with Gasteiger partial charge in [0.15, 0.2) is 0 Å². The second-order valence-electron chi connectivity index (χ2n) is 0.455. The van der Waals surface area contributed by atoms with Crippen molar-refractivity contribution in [1.82, 2.24) is 0 Å². The van der Waals surface area contributed by atoms with Crippen LogP contribution in [0.1, 0.15) is 0 Å². The van der Waals surface area contributed by atoms with Gasteiger partial charge in [-0.05, 0) is 0 Å². The molecule has 0 atom stereocenters. The molecule has 0 aromatic rings. The quantitative estimate of drug-likeness (QED) is 0.468. The van der Waals surface area contributed by atoms with E-state index in [4.69, 9.17) is 0 Å². The van der Waals surface area contributed by atoms with E-state index in [1.165, 1.54) is 23.0 Å². The zero-order valence-corrected chi connectivity index (χ0v) is 5.99. The summed E-state index contributed by atoms with van der Waals surface area (Å²) in [5.74, 6) is 0. The molecule has 2 heteroatoms. The molecular weight excluding hydrogens is 162 g/mol. The summed E-state index contributed by atoms with van der Waals surface area (Å²) in [7, 11) is 1.71. The van der Waals surface area contributed by atoms with Gasteiger partial charge < -0.3 is 0 Å². The number of methoxy groups -OCH3 is 1. The molecule has 0 heterocycles. The normalized spacial score (nSPS) is 7.50. The summed E-state index contributed by atoms with van der Waals surface area (Å²) in [6.45, 7) is 0.